The summed E-state index contributed by atoms with van der Waals surface area (Å²) in [5.41, 5.74) is 0.0179. The second-order valence-corrected chi connectivity index (χ2v) is 6.31. The van der Waals surface area contributed by atoms with Gasteiger partial charge in [0.25, 0.3) is 0 Å². The highest BCUT2D eigenvalue weighted by Crippen LogP contribution is 2.48. The summed E-state index contributed by atoms with van der Waals surface area (Å²) < 4.78 is 0. The van der Waals surface area contributed by atoms with E-state index >= 15 is 0 Å². The van der Waals surface area contributed by atoms with Gasteiger partial charge in [-0.2, -0.15) is 5.26 Å². The molecule has 4 nitrogen and oxygen atoms in total. The van der Waals surface area contributed by atoms with Crippen LogP contribution in [0.1, 0.15) is 33.1 Å². The summed E-state index contributed by atoms with van der Waals surface area (Å²) in [6.45, 7) is 5.18. The maximum absolute atomic E-state index is 12.6. The Kier molecular flexibility index (Phi) is 2.24. The second kappa shape index (κ2) is 3.46. The number of nitrogens with zero attached hydrogens (tertiary/aromatic N) is 2. The van der Waals surface area contributed by atoms with E-state index < -0.39 is 0 Å². The Hall–Kier alpha value is -1.08. The molecule has 1 amide bonds. The van der Waals surface area contributed by atoms with E-state index in [4.69, 9.17) is 5.26 Å². The lowest BCUT2D eigenvalue weighted by Gasteiger charge is -2.32. The van der Waals surface area contributed by atoms with E-state index in [2.05, 4.69) is 25.2 Å². The summed E-state index contributed by atoms with van der Waals surface area (Å²) in [7, 11) is 0. The Morgan fingerprint density at radius 2 is 2.24 bits per heavy atom. The predicted molar refractivity (Wildman–Crippen MR) is 62.9 cm³/mol. The number of likely N-dealkylation sites (tertiary alicyclic amines) is 1. The molecular weight excluding hydrogens is 214 g/mol. The van der Waals surface area contributed by atoms with Crippen LogP contribution in [0.2, 0.25) is 0 Å². The molecule has 1 unspecified atom stereocenters. The van der Waals surface area contributed by atoms with Crippen molar-refractivity contribution in [3.8, 4) is 6.07 Å². The maximum Gasteiger partial charge on any atom is 0.241 e. The molecule has 0 aromatic heterocycles. The molecule has 4 heteroatoms. The molecule has 4 atom stereocenters. The number of piperidine rings is 1. The predicted octanol–water partition coefficient (Wildman–Crippen LogP) is 0.887. The lowest BCUT2D eigenvalue weighted by atomic mass is 9.84. The molecule has 2 saturated heterocycles. The van der Waals surface area contributed by atoms with Gasteiger partial charge in [0.15, 0.2) is 0 Å². The fourth-order valence-corrected chi connectivity index (χ4v) is 3.42. The third-order valence-electron chi connectivity index (χ3n) is 4.65. The molecule has 1 aliphatic carbocycles. The summed E-state index contributed by atoms with van der Waals surface area (Å²) in [5, 5.41) is 12.4. The van der Waals surface area contributed by atoms with Gasteiger partial charge in [-0.3, -0.25) is 4.79 Å². The van der Waals surface area contributed by atoms with Gasteiger partial charge in [-0.1, -0.05) is 13.8 Å². The fourth-order valence-electron chi connectivity index (χ4n) is 3.42. The Morgan fingerprint density at radius 1 is 1.47 bits per heavy atom. The molecule has 0 spiro atoms. The number of hydrogen-bond acceptors (Lipinski definition) is 3. The number of carbonyl (C=O) groups is 1. The van der Waals surface area contributed by atoms with Crippen molar-refractivity contribution in [3.05, 3.63) is 0 Å². The first-order valence-corrected chi connectivity index (χ1v) is 6.50. The van der Waals surface area contributed by atoms with Crippen LogP contribution in [0.4, 0.5) is 0 Å². The summed E-state index contributed by atoms with van der Waals surface area (Å²) in [6, 6.07) is 2.37. The van der Waals surface area contributed by atoms with E-state index in [-0.39, 0.29) is 23.4 Å². The van der Waals surface area contributed by atoms with Crippen LogP contribution in [-0.4, -0.2) is 35.5 Å². The molecular formula is C13H19N3O. The number of carbonyl (C=O) groups excluding carboxylic acids is 1. The van der Waals surface area contributed by atoms with Crippen molar-refractivity contribution < 1.29 is 4.79 Å². The zero-order valence-electron chi connectivity index (χ0n) is 10.4. The molecule has 0 radical (unpaired) electrons. The summed E-state index contributed by atoms with van der Waals surface area (Å²) in [5.74, 6) is 0.761. The van der Waals surface area contributed by atoms with Gasteiger partial charge in [0, 0.05) is 6.04 Å². The van der Waals surface area contributed by atoms with Crippen LogP contribution >= 0.6 is 0 Å². The normalized spacial score (nSPS) is 42.1. The molecule has 2 aliphatic heterocycles. The molecule has 3 fully saturated rings. The SMILES string of the molecule is CC1(C)CCN[C@@H]1C(=O)N1C2C[C@H]2C[C@H]1C#N. The fraction of sp³-hybridized carbons (Fsp3) is 0.846. The monoisotopic (exact) mass is 233 g/mol. The van der Waals surface area contributed by atoms with Crippen LogP contribution in [0.5, 0.6) is 0 Å². The van der Waals surface area contributed by atoms with Crippen molar-refractivity contribution in [2.75, 3.05) is 6.54 Å². The number of nitriles is 1. The molecule has 92 valence electrons. The van der Waals surface area contributed by atoms with Crippen LogP contribution in [0.15, 0.2) is 0 Å². The number of hydrogen-bond donors (Lipinski definition) is 1. The highest BCUT2D eigenvalue weighted by atomic mass is 16.2. The van der Waals surface area contributed by atoms with Crippen molar-refractivity contribution in [1.29, 1.82) is 5.26 Å². The first-order valence-electron chi connectivity index (χ1n) is 6.50. The van der Waals surface area contributed by atoms with E-state index in [9.17, 15) is 4.79 Å². The second-order valence-electron chi connectivity index (χ2n) is 6.31. The van der Waals surface area contributed by atoms with Gasteiger partial charge in [0.05, 0.1) is 12.1 Å². The maximum atomic E-state index is 12.6. The average Bonchev–Trinajstić information content (AvgIpc) is 2.79. The van der Waals surface area contributed by atoms with Gasteiger partial charge in [-0.15, -0.1) is 0 Å². The van der Waals surface area contributed by atoms with Crippen molar-refractivity contribution in [1.82, 2.24) is 10.2 Å². The van der Waals surface area contributed by atoms with E-state index in [1.807, 2.05) is 4.90 Å². The van der Waals surface area contributed by atoms with E-state index in [0.29, 0.717) is 12.0 Å². The number of nitrogens with one attached hydrogen (secondary N) is 1. The van der Waals surface area contributed by atoms with Crippen molar-refractivity contribution in [3.63, 3.8) is 0 Å². The Morgan fingerprint density at radius 3 is 2.82 bits per heavy atom. The first-order chi connectivity index (χ1) is 8.04. The molecule has 0 aromatic rings. The molecule has 17 heavy (non-hydrogen) atoms. The van der Waals surface area contributed by atoms with Crippen molar-refractivity contribution >= 4 is 5.91 Å². The van der Waals surface area contributed by atoms with Gasteiger partial charge >= 0.3 is 0 Å². The lowest BCUT2D eigenvalue weighted by molar-refractivity contribution is -0.136. The number of rotatable bonds is 1. The molecule has 3 rings (SSSR count). The highest BCUT2D eigenvalue weighted by Gasteiger charge is 2.56. The lowest BCUT2D eigenvalue weighted by Crippen LogP contribution is -2.51. The Bertz CT molecular complexity index is 398. The molecule has 3 aliphatic rings. The number of fused-ring (bicyclic) bond motifs is 1. The van der Waals surface area contributed by atoms with Gasteiger partial charge in [-0.25, -0.2) is 0 Å². The zero-order chi connectivity index (χ0) is 12.2. The third-order valence-corrected chi connectivity index (χ3v) is 4.65. The minimum Gasteiger partial charge on any atom is -0.322 e. The van der Waals surface area contributed by atoms with Gasteiger partial charge < -0.3 is 10.2 Å². The van der Waals surface area contributed by atoms with E-state index in [1.165, 1.54) is 0 Å². The molecule has 0 aromatic carbocycles. The summed E-state index contributed by atoms with van der Waals surface area (Å²) in [4.78, 5) is 14.5. The topological polar surface area (TPSA) is 56.1 Å². The van der Waals surface area contributed by atoms with Crippen LogP contribution in [0, 0.1) is 22.7 Å². The first kappa shape index (κ1) is 11.0. The van der Waals surface area contributed by atoms with Gasteiger partial charge in [0.1, 0.15) is 6.04 Å². The minimum absolute atomic E-state index is 0.0179. The number of amides is 1. The summed E-state index contributed by atoms with van der Waals surface area (Å²) >= 11 is 0. The van der Waals surface area contributed by atoms with Crippen LogP contribution < -0.4 is 5.32 Å². The van der Waals surface area contributed by atoms with Crippen LogP contribution in [-0.2, 0) is 4.79 Å². The smallest absolute Gasteiger partial charge is 0.241 e. The van der Waals surface area contributed by atoms with Crippen molar-refractivity contribution in [2.24, 2.45) is 11.3 Å². The molecule has 1 saturated carbocycles. The quantitative estimate of drug-likeness (QED) is 0.731. The zero-order valence-corrected chi connectivity index (χ0v) is 10.4. The summed E-state index contributed by atoms with van der Waals surface area (Å²) in [6.07, 6.45) is 3.03. The molecule has 2 heterocycles. The highest BCUT2D eigenvalue weighted by molar-refractivity contribution is 5.85. The van der Waals surface area contributed by atoms with Crippen molar-refractivity contribution in [2.45, 2.75) is 51.2 Å². The Balaban J connectivity index is 1.80. The van der Waals surface area contributed by atoms with Crippen LogP contribution in [0.25, 0.3) is 0 Å². The van der Waals surface area contributed by atoms with Gasteiger partial charge in [0.2, 0.25) is 5.91 Å². The minimum atomic E-state index is -0.176. The Labute approximate surface area is 102 Å². The van der Waals surface area contributed by atoms with E-state index in [1.54, 1.807) is 0 Å². The van der Waals surface area contributed by atoms with Crippen LogP contribution in [0.3, 0.4) is 0 Å². The molecule has 0 bridgehead atoms. The average molecular weight is 233 g/mol. The van der Waals surface area contributed by atoms with E-state index in [0.717, 1.165) is 25.8 Å². The molecule has 1 N–H and O–H groups in total. The van der Waals surface area contributed by atoms with Gasteiger partial charge in [-0.05, 0) is 37.1 Å². The third kappa shape index (κ3) is 1.56. The standard InChI is InChI=1S/C13H19N3O/c1-13(2)3-4-15-11(13)12(17)16-9(7-14)5-8-6-10(8)16/h8-11,15H,3-6H2,1-2H3/t8-,9+,10?,11-/m1/s1. The largest absolute Gasteiger partial charge is 0.322 e.